The van der Waals surface area contributed by atoms with E-state index in [1.807, 2.05) is 17.9 Å². The lowest BCUT2D eigenvalue weighted by atomic mass is 9.86. The predicted octanol–water partition coefficient (Wildman–Crippen LogP) is 4.27. The molecule has 0 aliphatic rings. The fourth-order valence-corrected chi connectivity index (χ4v) is 2.91. The Morgan fingerprint density at radius 3 is 2.48 bits per heavy atom. The summed E-state index contributed by atoms with van der Waals surface area (Å²) in [7, 11) is 4.12. The minimum atomic E-state index is 0.197. The van der Waals surface area contributed by atoms with Crippen LogP contribution >= 0.6 is 0 Å². The summed E-state index contributed by atoms with van der Waals surface area (Å²) in [5.41, 5.74) is 5.26. The van der Waals surface area contributed by atoms with Crippen LogP contribution in [0, 0.1) is 0 Å². The molecule has 21 heavy (non-hydrogen) atoms. The number of aromatic nitrogens is 3. The summed E-state index contributed by atoms with van der Waals surface area (Å²) in [6, 6.07) is 8.99. The first-order valence-corrected chi connectivity index (χ1v) is 7.51. The maximum absolute atomic E-state index is 4.26. The van der Waals surface area contributed by atoms with Gasteiger partial charge in [-0.15, -0.1) is 0 Å². The second-order valence-corrected chi connectivity index (χ2v) is 6.50. The van der Waals surface area contributed by atoms with Crippen molar-refractivity contribution in [3.8, 4) is 11.1 Å². The lowest BCUT2D eigenvalue weighted by Gasteiger charge is -2.23. The number of hydrogen-bond acceptors (Lipinski definition) is 1. The third-order valence-electron chi connectivity index (χ3n) is 4.66. The lowest BCUT2D eigenvalue weighted by Crippen LogP contribution is -2.19. The largest absolute Gasteiger partial charge is 0.347 e. The highest BCUT2D eigenvalue weighted by Crippen LogP contribution is 2.33. The Morgan fingerprint density at radius 1 is 1.10 bits per heavy atom. The first kappa shape index (κ1) is 13.9. The number of benzene rings is 1. The van der Waals surface area contributed by atoms with Crippen LogP contribution in [0.25, 0.3) is 22.0 Å². The second kappa shape index (κ2) is 4.76. The monoisotopic (exact) mass is 281 g/mol. The van der Waals surface area contributed by atoms with E-state index >= 15 is 0 Å². The van der Waals surface area contributed by atoms with E-state index in [2.05, 4.69) is 67.9 Å². The third-order valence-corrected chi connectivity index (χ3v) is 4.66. The highest BCUT2D eigenvalue weighted by Gasteiger charge is 2.22. The minimum absolute atomic E-state index is 0.197. The molecule has 0 radical (unpaired) electrons. The molecule has 0 aliphatic heterocycles. The maximum atomic E-state index is 4.26. The van der Waals surface area contributed by atoms with Gasteiger partial charge in [-0.1, -0.05) is 32.9 Å². The third kappa shape index (κ3) is 2.27. The summed E-state index contributed by atoms with van der Waals surface area (Å²) < 4.78 is 4.18. The highest BCUT2D eigenvalue weighted by atomic mass is 15.2. The molecule has 1 aromatic carbocycles. The van der Waals surface area contributed by atoms with Crippen molar-refractivity contribution in [1.82, 2.24) is 14.3 Å². The molecule has 0 unspecified atom stereocenters. The average molecular weight is 281 g/mol. The molecule has 0 bridgehead atoms. The minimum Gasteiger partial charge on any atom is -0.347 e. The Morgan fingerprint density at radius 2 is 1.86 bits per heavy atom. The van der Waals surface area contributed by atoms with Crippen molar-refractivity contribution in [3.05, 3.63) is 42.4 Å². The molecule has 110 valence electrons. The summed E-state index contributed by atoms with van der Waals surface area (Å²) in [5, 5.41) is 5.57. The van der Waals surface area contributed by atoms with Gasteiger partial charge in [0.15, 0.2) is 0 Å². The van der Waals surface area contributed by atoms with Crippen LogP contribution in [0.4, 0.5) is 0 Å². The van der Waals surface area contributed by atoms with Crippen LogP contribution in [0.15, 0.2) is 36.7 Å². The van der Waals surface area contributed by atoms with Crippen molar-refractivity contribution < 1.29 is 0 Å². The van der Waals surface area contributed by atoms with Gasteiger partial charge >= 0.3 is 0 Å². The second-order valence-electron chi connectivity index (χ2n) is 6.50. The molecule has 3 rings (SSSR count). The van der Waals surface area contributed by atoms with E-state index in [1.165, 1.54) is 22.2 Å². The van der Waals surface area contributed by atoms with E-state index < -0.39 is 0 Å². The van der Waals surface area contributed by atoms with E-state index in [9.17, 15) is 0 Å². The molecule has 0 aliphatic carbocycles. The van der Waals surface area contributed by atoms with Gasteiger partial charge in [-0.2, -0.15) is 5.10 Å². The molecule has 0 saturated heterocycles. The Balaban J connectivity index is 2.16. The number of nitrogens with zero attached hydrogens (tertiary/aromatic N) is 3. The number of fused-ring (bicyclic) bond motifs is 1. The van der Waals surface area contributed by atoms with Crippen molar-refractivity contribution in [2.45, 2.75) is 32.6 Å². The molecule has 0 amide bonds. The van der Waals surface area contributed by atoms with Crippen molar-refractivity contribution in [2.24, 2.45) is 14.1 Å². The van der Waals surface area contributed by atoms with E-state index in [4.69, 9.17) is 0 Å². The Bertz CT molecular complexity index is 790. The fraction of sp³-hybridized carbons (Fsp3) is 0.389. The van der Waals surface area contributed by atoms with Crippen LogP contribution in [-0.4, -0.2) is 14.3 Å². The van der Waals surface area contributed by atoms with Crippen molar-refractivity contribution in [2.75, 3.05) is 0 Å². The van der Waals surface area contributed by atoms with Crippen molar-refractivity contribution in [1.29, 1.82) is 0 Å². The van der Waals surface area contributed by atoms with Gasteiger partial charge in [0.25, 0.3) is 0 Å². The topological polar surface area (TPSA) is 22.8 Å². The number of rotatable bonds is 3. The van der Waals surface area contributed by atoms with E-state index in [-0.39, 0.29) is 5.41 Å². The van der Waals surface area contributed by atoms with Gasteiger partial charge in [0, 0.05) is 42.5 Å². The van der Waals surface area contributed by atoms with Crippen LogP contribution in [0.1, 0.15) is 32.9 Å². The smallest absolute Gasteiger partial charge is 0.0568 e. The Kier molecular flexibility index (Phi) is 3.16. The van der Waals surface area contributed by atoms with Crippen LogP contribution in [0.5, 0.6) is 0 Å². The van der Waals surface area contributed by atoms with Gasteiger partial charge < -0.3 is 4.57 Å². The van der Waals surface area contributed by atoms with E-state index in [0.29, 0.717) is 0 Å². The van der Waals surface area contributed by atoms with Crippen LogP contribution < -0.4 is 0 Å². The highest BCUT2D eigenvalue weighted by molar-refractivity contribution is 5.86. The molecule has 0 fully saturated rings. The summed E-state index contributed by atoms with van der Waals surface area (Å²) in [6.07, 6.45) is 5.11. The zero-order valence-corrected chi connectivity index (χ0v) is 13.5. The standard InChI is InChI=1S/C18H23N3/c1-6-18(2,3)17-10-14-8-7-13(9-16(14)21(17)5)15-11-19-20(4)12-15/h7-12H,6H2,1-5H3. The molecule has 0 N–H and O–H groups in total. The van der Waals surface area contributed by atoms with Gasteiger partial charge in [-0.25, -0.2) is 0 Å². The maximum Gasteiger partial charge on any atom is 0.0568 e. The molecule has 2 heterocycles. The summed E-state index contributed by atoms with van der Waals surface area (Å²) >= 11 is 0. The van der Waals surface area contributed by atoms with E-state index in [1.54, 1.807) is 0 Å². The predicted molar refractivity (Wildman–Crippen MR) is 88.4 cm³/mol. The normalized spacial score (nSPS) is 12.2. The van der Waals surface area contributed by atoms with E-state index in [0.717, 1.165) is 12.0 Å². The van der Waals surface area contributed by atoms with Crippen LogP contribution in [-0.2, 0) is 19.5 Å². The van der Waals surface area contributed by atoms with Gasteiger partial charge in [0.05, 0.1) is 6.20 Å². The quantitative estimate of drug-likeness (QED) is 0.703. The van der Waals surface area contributed by atoms with Crippen LogP contribution in [0.3, 0.4) is 0 Å². The number of aryl methyl sites for hydroxylation is 2. The molecular weight excluding hydrogens is 258 g/mol. The van der Waals surface area contributed by atoms with Gasteiger partial charge in [-0.3, -0.25) is 4.68 Å². The summed E-state index contributed by atoms with van der Waals surface area (Å²) in [4.78, 5) is 0. The number of hydrogen-bond donors (Lipinski definition) is 0. The van der Waals surface area contributed by atoms with Gasteiger partial charge in [0.2, 0.25) is 0 Å². The molecule has 0 saturated carbocycles. The summed E-state index contributed by atoms with van der Waals surface area (Å²) in [5.74, 6) is 0. The molecule has 2 aromatic heterocycles. The SMILES string of the molecule is CCC(C)(C)c1cc2ccc(-c3cnn(C)c3)cc2n1C. The van der Waals surface area contributed by atoms with Crippen LogP contribution in [0.2, 0.25) is 0 Å². The molecule has 0 atom stereocenters. The zero-order chi connectivity index (χ0) is 15.2. The molecular formula is C18H23N3. The van der Waals surface area contributed by atoms with Crippen molar-refractivity contribution >= 4 is 10.9 Å². The zero-order valence-electron chi connectivity index (χ0n) is 13.5. The fourth-order valence-electron chi connectivity index (χ4n) is 2.91. The average Bonchev–Trinajstić information content (AvgIpc) is 3.03. The Labute approximate surface area is 126 Å². The first-order chi connectivity index (χ1) is 9.92. The molecule has 3 nitrogen and oxygen atoms in total. The molecule has 3 heteroatoms. The molecule has 0 spiro atoms. The van der Waals surface area contributed by atoms with Gasteiger partial charge in [0.1, 0.15) is 0 Å². The van der Waals surface area contributed by atoms with Crippen molar-refractivity contribution in [3.63, 3.8) is 0 Å². The van der Waals surface area contributed by atoms with Gasteiger partial charge in [-0.05, 0) is 29.5 Å². The lowest BCUT2D eigenvalue weighted by molar-refractivity contribution is 0.476. The first-order valence-electron chi connectivity index (χ1n) is 7.51. The Hall–Kier alpha value is -2.03. The molecule has 3 aromatic rings. The summed E-state index contributed by atoms with van der Waals surface area (Å²) in [6.45, 7) is 6.87.